The Morgan fingerprint density at radius 2 is 2.00 bits per heavy atom. The number of aliphatic hydroxyl groups excluding tert-OH is 2. The minimum Gasteiger partial charge on any atom is -0.465 e. The molecule has 0 amide bonds. The number of rotatable bonds is 15. The zero-order chi connectivity index (χ0) is 30.0. The first-order valence-corrected chi connectivity index (χ1v) is 14.1. The van der Waals surface area contributed by atoms with E-state index in [0.29, 0.717) is 6.61 Å². The summed E-state index contributed by atoms with van der Waals surface area (Å²) in [5.41, 5.74) is 5.08. The molecule has 0 aliphatic carbocycles. The molecule has 0 saturated carbocycles. The zero-order valence-electron chi connectivity index (χ0n) is 22.2. The van der Waals surface area contributed by atoms with Crippen molar-refractivity contribution in [2.24, 2.45) is 5.11 Å². The summed E-state index contributed by atoms with van der Waals surface area (Å²) in [6.45, 7) is 2.83. The number of aliphatic hydroxyl groups is 2. The second kappa shape index (κ2) is 14.4. The van der Waals surface area contributed by atoms with E-state index >= 15 is 0 Å². The zero-order valence-corrected chi connectivity index (χ0v) is 23.1. The number of azide groups is 1. The number of hydrogen-bond acceptors (Lipinski definition) is 12. The Morgan fingerprint density at radius 1 is 1.27 bits per heavy atom. The molecule has 0 bridgehead atoms. The Labute approximate surface area is 233 Å². The number of ether oxygens (including phenoxy) is 3. The smallest absolute Gasteiger partial charge is 0.459 e. The summed E-state index contributed by atoms with van der Waals surface area (Å²) in [5.74, 6) is -0.707. The normalized spacial score (nSPS) is 24.1. The number of carbonyl (C=O) groups excluding carboxylic acids is 1. The number of benzene rings is 1. The van der Waals surface area contributed by atoms with Crippen LogP contribution in [-0.2, 0) is 28.1 Å². The highest BCUT2D eigenvalue weighted by molar-refractivity contribution is 7.52. The van der Waals surface area contributed by atoms with Crippen molar-refractivity contribution >= 4 is 13.7 Å². The molecule has 17 nitrogen and oxygen atoms in total. The van der Waals surface area contributed by atoms with Gasteiger partial charge < -0.3 is 28.9 Å². The number of H-pyrrole nitrogens is 1. The molecule has 1 aliphatic rings. The number of carbonyl (C=O) groups is 1. The van der Waals surface area contributed by atoms with Gasteiger partial charge in [-0.25, -0.2) is 9.36 Å². The lowest BCUT2D eigenvalue weighted by Gasteiger charge is -2.30. The van der Waals surface area contributed by atoms with Crippen LogP contribution in [0.25, 0.3) is 10.4 Å². The van der Waals surface area contributed by atoms with Gasteiger partial charge in [-0.15, -0.1) is 0 Å². The van der Waals surface area contributed by atoms with Gasteiger partial charge in [0.25, 0.3) is 5.56 Å². The number of esters is 1. The molecule has 1 aromatic heterocycles. The van der Waals surface area contributed by atoms with E-state index in [9.17, 15) is 34.7 Å². The van der Waals surface area contributed by atoms with Crippen LogP contribution < -0.4 is 20.9 Å². The molecule has 1 unspecified atom stereocenters. The van der Waals surface area contributed by atoms with Gasteiger partial charge in [0.1, 0.15) is 24.0 Å². The molecule has 1 fully saturated rings. The highest BCUT2D eigenvalue weighted by atomic mass is 31.2. The predicted octanol–water partition coefficient (Wildman–Crippen LogP) is 0.945. The average Bonchev–Trinajstić information content (AvgIpc) is 3.18. The van der Waals surface area contributed by atoms with Crippen LogP contribution in [0.2, 0.25) is 0 Å². The van der Waals surface area contributed by atoms with Gasteiger partial charge in [0.05, 0.1) is 13.2 Å². The van der Waals surface area contributed by atoms with E-state index in [1.807, 2.05) is 4.98 Å². The first-order chi connectivity index (χ1) is 19.6. The van der Waals surface area contributed by atoms with Crippen LogP contribution >= 0.6 is 7.75 Å². The molecule has 2 aromatic rings. The molecular formula is C23H31N6O11P. The van der Waals surface area contributed by atoms with Gasteiger partial charge >= 0.3 is 19.4 Å². The summed E-state index contributed by atoms with van der Waals surface area (Å²) in [5, 5.41) is 27.5. The molecule has 6 atom stereocenters. The molecule has 4 N–H and O–H groups in total. The third-order valence-electron chi connectivity index (χ3n) is 5.79. The van der Waals surface area contributed by atoms with Gasteiger partial charge in [-0.05, 0) is 37.9 Å². The Hall–Kier alpha value is -3.53. The van der Waals surface area contributed by atoms with Crippen LogP contribution in [0.4, 0.5) is 0 Å². The number of nitrogens with zero attached hydrogens (tertiary/aromatic N) is 4. The summed E-state index contributed by atoms with van der Waals surface area (Å²) in [6, 6.07) is 7.51. The molecule has 0 radical (unpaired) electrons. The van der Waals surface area contributed by atoms with E-state index in [2.05, 4.69) is 15.1 Å². The van der Waals surface area contributed by atoms with E-state index in [1.54, 1.807) is 32.0 Å². The van der Waals surface area contributed by atoms with Gasteiger partial charge in [0, 0.05) is 30.4 Å². The van der Waals surface area contributed by atoms with Crippen LogP contribution in [-0.4, -0.2) is 76.1 Å². The summed E-state index contributed by atoms with van der Waals surface area (Å²) in [4.78, 5) is 41.0. The summed E-state index contributed by atoms with van der Waals surface area (Å²) in [6.07, 6.45) is -4.51. The standard InChI is InChI=1S/C23H31N6O11P/c1-3-36-13-11-16(21(33)37-4-2)26-41(35,40-15-8-6-5-7-9-15)38-14-23(27-28-24)19(32)18(31)20(39-23)29-12-10-17(30)25-22(29)34/h5-10,12,16,18-20,31-32H,3-4,11,13-14H2,1-2H3,(H,26,35)(H,25,30,34)/t16-,18-,19+,20+,23+,41?/m0/s1. The van der Waals surface area contributed by atoms with Crippen LogP contribution in [0, 0.1) is 0 Å². The van der Waals surface area contributed by atoms with Gasteiger partial charge in [0.2, 0.25) is 5.72 Å². The molecule has 1 aromatic carbocycles. The predicted molar refractivity (Wildman–Crippen MR) is 141 cm³/mol. The second-order valence-electron chi connectivity index (χ2n) is 8.59. The quantitative estimate of drug-likeness (QED) is 0.0560. The van der Waals surface area contributed by atoms with Crippen molar-refractivity contribution in [3.05, 3.63) is 73.9 Å². The molecule has 1 aliphatic heterocycles. The van der Waals surface area contributed by atoms with Crippen molar-refractivity contribution in [1.29, 1.82) is 0 Å². The summed E-state index contributed by atoms with van der Waals surface area (Å²) >= 11 is 0. The third kappa shape index (κ3) is 8.03. The fraction of sp³-hybridized carbons (Fsp3) is 0.522. The molecule has 18 heteroatoms. The SMILES string of the molecule is CCOCC[C@H](NP(=O)(OC[C@@]1(N=[N+]=[N-])O[C@@H](n2ccc(=O)[nH]c2=O)[C@@H](O)[C@H]1O)Oc1ccccc1)C(=O)OCC. The lowest BCUT2D eigenvalue weighted by Crippen LogP contribution is -2.46. The van der Waals surface area contributed by atoms with E-state index < -0.39 is 61.8 Å². The average molecular weight is 599 g/mol. The van der Waals surface area contributed by atoms with E-state index in [-0.39, 0.29) is 25.4 Å². The number of aromatic amines is 1. The first kappa shape index (κ1) is 32.0. The van der Waals surface area contributed by atoms with Crippen molar-refractivity contribution in [2.45, 2.75) is 50.5 Å². The highest BCUT2D eigenvalue weighted by Gasteiger charge is 2.56. The van der Waals surface area contributed by atoms with E-state index in [4.69, 9.17) is 23.3 Å². The molecule has 0 spiro atoms. The molecular weight excluding hydrogens is 567 g/mol. The number of nitrogens with one attached hydrogen (secondary N) is 2. The van der Waals surface area contributed by atoms with Crippen LogP contribution in [0.1, 0.15) is 26.5 Å². The van der Waals surface area contributed by atoms with Gasteiger partial charge in [-0.2, -0.15) is 5.09 Å². The largest absolute Gasteiger partial charge is 0.465 e. The van der Waals surface area contributed by atoms with Crippen molar-refractivity contribution in [1.82, 2.24) is 14.6 Å². The second-order valence-corrected chi connectivity index (χ2v) is 10.3. The molecule has 224 valence electrons. The maximum absolute atomic E-state index is 14.0. The molecule has 2 heterocycles. The van der Waals surface area contributed by atoms with E-state index in [1.165, 1.54) is 12.1 Å². The topological polar surface area (TPSA) is 236 Å². The molecule has 3 rings (SSSR count). The van der Waals surface area contributed by atoms with Crippen LogP contribution in [0.15, 0.2) is 57.3 Å². The van der Waals surface area contributed by atoms with Crippen molar-refractivity contribution in [2.75, 3.05) is 26.4 Å². The fourth-order valence-electron chi connectivity index (χ4n) is 3.83. The van der Waals surface area contributed by atoms with E-state index in [0.717, 1.165) is 16.8 Å². The van der Waals surface area contributed by atoms with Gasteiger partial charge in [-0.3, -0.25) is 23.7 Å². The maximum Gasteiger partial charge on any atom is 0.459 e. The Bertz CT molecular complexity index is 1380. The lowest BCUT2D eigenvalue weighted by molar-refractivity contribution is -0.145. The van der Waals surface area contributed by atoms with Crippen molar-refractivity contribution in [3.63, 3.8) is 0 Å². The Balaban J connectivity index is 1.94. The summed E-state index contributed by atoms with van der Waals surface area (Å²) in [7, 11) is -4.57. The maximum atomic E-state index is 14.0. The Kier molecular flexibility index (Phi) is 11.2. The van der Waals surface area contributed by atoms with Crippen molar-refractivity contribution < 1.29 is 42.8 Å². The monoisotopic (exact) mass is 598 g/mol. The minimum absolute atomic E-state index is 0.00863. The van der Waals surface area contributed by atoms with Gasteiger partial charge in [0.15, 0.2) is 6.23 Å². The van der Waals surface area contributed by atoms with Crippen LogP contribution in [0.5, 0.6) is 5.75 Å². The molecule has 41 heavy (non-hydrogen) atoms. The molecule has 1 saturated heterocycles. The lowest BCUT2D eigenvalue weighted by atomic mass is 10.1. The fourth-order valence-corrected chi connectivity index (χ4v) is 5.38. The highest BCUT2D eigenvalue weighted by Crippen LogP contribution is 2.48. The number of para-hydroxylation sites is 1. The van der Waals surface area contributed by atoms with Crippen molar-refractivity contribution in [3.8, 4) is 5.75 Å². The van der Waals surface area contributed by atoms with Gasteiger partial charge in [-0.1, -0.05) is 23.3 Å². The Morgan fingerprint density at radius 3 is 2.63 bits per heavy atom. The van der Waals surface area contributed by atoms with Crippen LogP contribution in [0.3, 0.4) is 0 Å². The number of hydrogen-bond donors (Lipinski definition) is 4. The first-order valence-electron chi connectivity index (χ1n) is 12.5. The summed E-state index contributed by atoms with van der Waals surface area (Å²) < 4.78 is 41.9. The minimum atomic E-state index is -4.57. The third-order valence-corrected chi connectivity index (χ3v) is 7.34. The number of aromatic nitrogens is 2.